The molecule has 0 aliphatic carbocycles. The molecule has 2 aliphatic rings. The number of nitrogens with one attached hydrogen (secondary N) is 3. The Kier molecular flexibility index (Phi) is 10.3. The third-order valence-corrected chi connectivity index (χ3v) is 9.55. The van der Waals surface area contributed by atoms with Gasteiger partial charge < -0.3 is 19.7 Å². The van der Waals surface area contributed by atoms with Crippen LogP contribution in [0.5, 0.6) is 11.5 Å². The number of aryl methyl sites for hydroxylation is 2. The van der Waals surface area contributed by atoms with E-state index in [-0.39, 0.29) is 23.6 Å². The van der Waals surface area contributed by atoms with Gasteiger partial charge in [0.1, 0.15) is 11.5 Å². The second-order valence-corrected chi connectivity index (χ2v) is 13.0. The minimum atomic E-state index is -0.268. The maximum absolute atomic E-state index is 13.0. The standard InChI is InChI=1S/C38H44N6O5/c1-24-21-43(22-25(2)44(24)23-26-5-8-28(9-6-26)34-15-16-36(45)40-38(34)47)31-13-10-29(11-14-31)37(46)39-35-19-30(41-42-35)12-7-27-17-32(48-3)20-33(18-27)49-4/h5-6,8-11,13-14,17-20,24-25,34H,7,12,15-16,21-23H2,1-4H3,(H,40,45,47)(H2,39,41,42,46)/t24-,25+,34?. The summed E-state index contributed by atoms with van der Waals surface area (Å²) in [7, 11) is 3.27. The molecule has 3 atom stereocenters. The summed E-state index contributed by atoms with van der Waals surface area (Å²) in [5.74, 6) is 1.10. The lowest BCUT2D eigenvalue weighted by Crippen LogP contribution is -2.56. The zero-order chi connectivity index (χ0) is 34.5. The molecule has 4 aromatic rings. The summed E-state index contributed by atoms with van der Waals surface area (Å²) < 4.78 is 10.7. The molecule has 1 aromatic heterocycles. The van der Waals surface area contributed by atoms with E-state index in [4.69, 9.17) is 9.47 Å². The Bertz CT molecular complexity index is 1750. The number of piperazine rings is 1. The van der Waals surface area contributed by atoms with E-state index in [1.807, 2.05) is 60.7 Å². The number of nitrogens with zero attached hydrogens (tertiary/aromatic N) is 3. The van der Waals surface area contributed by atoms with Crippen molar-refractivity contribution in [3.63, 3.8) is 0 Å². The van der Waals surface area contributed by atoms with E-state index in [2.05, 4.69) is 56.6 Å². The van der Waals surface area contributed by atoms with Crippen LogP contribution < -0.4 is 25.0 Å². The van der Waals surface area contributed by atoms with Crippen LogP contribution in [0.2, 0.25) is 0 Å². The molecule has 3 amide bonds. The van der Waals surface area contributed by atoms with Crippen molar-refractivity contribution in [1.29, 1.82) is 0 Å². The minimum absolute atomic E-state index is 0.194. The summed E-state index contributed by atoms with van der Waals surface area (Å²) in [5, 5.41) is 12.7. The Labute approximate surface area is 287 Å². The molecule has 0 radical (unpaired) electrons. The molecule has 0 saturated carbocycles. The van der Waals surface area contributed by atoms with Crippen molar-refractivity contribution in [2.45, 2.75) is 64.1 Å². The van der Waals surface area contributed by atoms with Crippen LogP contribution in [-0.2, 0) is 29.0 Å². The first kappa shape index (κ1) is 33.7. The van der Waals surface area contributed by atoms with Crippen molar-refractivity contribution in [2.75, 3.05) is 37.5 Å². The monoisotopic (exact) mass is 664 g/mol. The van der Waals surface area contributed by atoms with Gasteiger partial charge in [0.25, 0.3) is 5.91 Å². The number of carbonyl (C=O) groups is 3. The maximum Gasteiger partial charge on any atom is 0.256 e. The van der Waals surface area contributed by atoms with Gasteiger partial charge in [0, 0.05) is 67.2 Å². The highest BCUT2D eigenvalue weighted by atomic mass is 16.5. The number of aromatic nitrogens is 2. The molecular weight excluding hydrogens is 620 g/mol. The van der Waals surface area contributed by atoms with Crippen molar-refractivity contribution in [3.8, 4) is 11.5 Å². The average Bonchev–Trinajstić information content (AvgIpc) is 3.56. The van der Waals surface area contributed by atoms with Gasteiger partial charge in [-0.1, -0.05) is 24.3 Å². The zero-order valence-corrected chi connectivity index (χ0v) is 28.5. The van der Waals surface area contributed by atoms with Crippen LogP contribution in [0.1, 0.15) is 65.3 Å². The molecule has 2 saturated heterocycles. The Balaban J connectivity index is 0.998. The number of rotatable bonds is 11. The third kappa shape index (κ3) is 8.11. The van der Waals surface area contributed by atoms with Gasteiger partial charge in [0.2, 0.25) is 11.8 Å². The lowest BCUT2D eigenvalue weighted by molar-refractivity contribution is -0.134. The number of amides is 3. The molecule has 11 nitrogen and oxygen atoms in total. The molecule has 3 aromatic carbocycles. The van der Waals surface area contributed by atoms with E-state index in [9.17, 15) is 14.4 Å². The maximum atomic E-state index is 13.0. The number of piperidine rings is 1. The van der Waals surface area contributed by atoms with Crippen molar-refractivity contribution in [3.05, 3.63) is 101 Å². The molecule has 1 unspecified atom stereocenters. The molecule has 2 aliphatic heterocycles. The van der Waals surface area contributed by atoms with Gasteiger partial charge in [-0.25, -0.2) is 0 Å². The molecule has 3 heterocycles. The van der Waals surface area contributed by atoms with Crippen molar-refractivity contribution >= 4 is 29.2 Å². The van der Waals surface area contributed by atoms with E-state index in [0.717, 1.165) is 66.5 Å². The normalized spacial score (nSPS) is 19.8. The van der Waals surface area contributed by atoms with Crippen molar-refractivity contribution in [1.82, 2.24) is 20.4 Å². The molecular formula is C38H44N6O5. The third-order valence-electron chi connectivity index (χ3n) is 9.55. The highest BCUT2D eigenvalue weighted by molar-refractivity contribution is 6.04. The first-order valence-corrected chi connectivity index (χ1v) is 16.8. The van der Waals surface area contributed by atoms with Crippen LogP contribution in [0.3, 0.4) is 0 Å². The number of anilines is 2. The number of imide groups is 1. The Hall–Kier alpha value is -5.16. The molecule has 6 rings (SSSR count). The van der Waals surface area contributed by atoms with Gasteiger partial charge in [-0.2, -0.15) is 5.10 Å². The zero-order valence-electron chi connectivity index (χ0n) is 28.5. The van der Waals surface area contributed by atoms with Gasteiger partial charge in [-0.15, -0.1) is 0 Å². The summed E-state index contributed by atoms with van der Waals surface area (Å²) >= 11 is 0. The van der Waals surface area contributed by atoms with Crippen LogP contribution in [0.15, 0.2) is 72.8 Å². The summed E-state index contributed by atoms with van der Waals surface area (Å²) in [6.45, 7) is 7.03. The number of carbonyl (C=O) groups excluding carboxylic acids is 3. The first-order chi connectivity index (χ1) is 23.7. The van der Waals surface area contributed by atoms with Crippen molar-refractivity contribution in [2.24, 2.45) is 0 Å². The highest BCUT2D eigenvalue weighted by Crippen LogP contribution is 2.28. The summed E-state index contributed by atoms with van der Waals surface area (Å²) in [5.41, 5.74) is 5.80. The first-order valence-electron chi connectivity index (χ1n) is 16.8. The topological polar surface area (TPSA) is 129 Å². The van der Waals surface area contributed by atoms with E-state index < -0.39 is 0 Å². The van der Waals surface area contributed by atoms with E-state index in [1.54, 1.807) is 14.2 Å². The largest absolute Gasteiger partial charge is 0.497 e. The van der Waals surface area contributed by atoms with E-state index in [0.29, 0.717) is 36.3 Å². The summed E-state index contributed by atoms with van der Waals surface area (Å²) in [4.78, 5) is 41.7. The van der Waals surface area contributed by atoms with Gasteiger partial charge in [0.05, 0.1) is 20.1 Å². The Morgan fingerprint density at radius 2 is 1.55 bits per heavy atom. The number of ether oxygens (including phenoxy) is 2. The number of aromatic amines is 1. The van der Waals surface area contributed by atoms with Crippen LogP contribution >= 0.6 is 0 Å². The number of methoxy groups -OCH3 is 2. The molecule has 0 bridgehead atoms. The van der Waals surface area contributed by atoms with Gasteiger partial charge in [-0.05, 0) is 86.2 Å². The van der Waals surface area contributed by atoms with Gasteiger partial charge in [0.15, 0.2) is 5.82 Å². The van der Waals surface area contributed by atoms with Gasteiger partial charge >= 0.3 is 0 Å². The summed E-state index contributed by atoms with van der Waals surface area (Å²) in [6.07, 6.45) is 2.41. The van der Waals surface area contributed by atoms with Crippen LogP contribution in [0, 0.1) is 0 Å². The minimum Gasteiger partial charge on any atom is -0.497 e. The Morgan fingerprint density at radius 3 is 2.18 bits per heavy atom. The number of benzene rings is 3. The number of hydrogen-bond acceptors (Lipinski definition) is 8. The fourth-order valence-corrected chi connectivity index (χ4v) is 6.81. The molecule has 3 N–H and O–H groups in total. The second-order valence-electron chi connectivity index (χ2n) is 13.0. The lowest BCUT2D eigenvalue weighted by Gasteiger charge is -2.45. The molecule has 256 valence electrons. The van der Waals surface area contributed by atoms with E-state index >= 15 is 0 Å². The van der Waals surface area contributed by atoms with Gasteiger partial charge in [-0.3, -0.25) is 29.7 Å². The van der Waals surface area contributed by atoms with E-state index in [1.165, 1.54) is 5.56 Å². The molecule has 2 fully saturated rings. The smallest absolute Gasteiger partial charge is 0.256 e. The molecule has 49 heavy (non-hydrogen) atoms. The highest BCUT2D eigenvalue weighted by Gasteiger charge is 2.31. The van der Waals surface area contributed by atoms with Crippen LogP contribution in [-0.4, -0.2) is 72.2 Å². The predicted octanol–water partition coefficient (Wildman–Crippen LogP) is 5.08. The average molecular weight is 665 g/mol. The fourth-order valence-electron chi connectivity index (χ4n) is 6.81. The second kappa shape index (κ2) is 14.9. The quantitative estimate of drug-likeness (QED) is 0.189. The summed E-state index contributed by atoms with van der Waals surface area (Å²) in [6, 6.07) is 24.3. The van der Waals surface area contributed by atoms with Crippen LogP contribution in [0.4, 0.5) is 11.5 Å². The molecule has 11 heteroatoms. The number of H-pyrrole nitrogens is 1. The molecule has 0 spiro atoms. The van der Waals surface area contributed by atoms with Crippen LogP contribution in [0.25, 0.3) is 0 Å². The van der Waals surface area contributed by atoms with Crippen molar-refractivity contribution < 1.29 is 23.9 Å². The Morgan fingerprint density at radius 1 is 0.878 bits per heavy atom. The SMILES string of the molecule is COc1cc(CCc2cc(NC(=O)c3ccc(N4C[C@@H](C)N(Cc5ccc(C6CCC(=O)NC6=O)cc5)[C@@H](C)C4)cc3)n[nH]2)cc(OC)c1. The lowest BCUT2D eigenvalue weighted by atomic mass is 9.90. The predicted molar refractivity (Wildman–Crippen MR) is 188 cm³/mol. The number of hydrogen-bond donors (Lipinski definition) is 3. The fraction of sp³-hybridized carbons (Fsp3) is 0.368.